The summed E-state index contributed by atoms with van der Waals surface area (Å²) in [5.41, 5.74) is 1.97. The number of aliphatic carboxylic acids is 1. The van der Waals surface area contributed by atoms with Crippen molar-refractivity contribution in [3.8, 4) is 0 Å². The van der Waals surface area contributed by atoms with Gasteiger partial charge in [0.1, 0.15) is 0 Å². The highest BCUT2D eigenvalue weighted by atomic mass is 16.5. The van der Waals surface area contributed by atoms with Gasteiger partial charge in [-0.05, 0) is 26.8 Å². The normalized spacial score (nSPS) is 20.0. The van der Waals surface area contributed by atoms with Crippen LogP contribution in [0.4, 0.5) is 0 Å². The number of nitrogens with zero attached hydrogens (tertiary/aromatic N) is 3. The maximum absolute atomic E-state index is 12.4. The standard InChI is InChI=1S/C15H23N3O4/c1-10-6-11(2)18(16-10)12(3)7-14(19)17-4-5-22-13(9-17)8-15(20)21/h6,12-13H,4-5,7-9H2,1-3H3,(H,20,21). The van der Waals surface area contributed by atoms with Crippen LogP contribution in [0.15, 0.2) is 6.07 Å². The Bertz CT molecular complexity index is 555. The van der Waals surface area contributed by atoms with Crippen molar-refractivity contribution in [3.05, 3.63) is 17.5 Å². The molecule has 0 bridgehead atoms. The second kappa shape index (κ2) is 6.91. The molecule has 7 nitrogen and oxygen atoms in total. The van der Waals surface area contributed by atoms with Gasteiger partial charge in [-0.3, -0.25) is 14.3 Å². The number of carbonyl (C=O) groups excluding carboxylic acids is 1. The molecule has 1 amide bonds. The van der Waals surface area contributed by atoms with Crippen LogP contribution in [0.5, 0.6) is 0 Å². The van der Waals surface area contributed by atoms with Crippen LogP contribution in [0.2, 0.25) is 0 Å². The molecular weight excluding hydrogens is 286 g/mol. The molecule has 122 valence electrons. The maximum atomic E-state index is 12.4. The Balaban J connectivity index is 1.93. The van der Waals surface area contributed by atoms with Crippen LogP contribution in [0, 0.1) is 13.8 Å². The third-order valence-electron chi connectivity index (χ3n) is 3.83. The number of aryl methyl sites for hydroxylation is 2. The van der Waals surface area contributed by atoms with Crippen molar-refractivity contribution in [1.29, 1.82) is 0 Å². The second-order valence-electron chi connectivity index (χ2n) is 5.86. The Morgan fingerprint density at radius 2 is 2.23 bits per heavy atom. The van der Waals surface area contributed by atoms with Crippen molar-refractivity contribution in [2.24, 2.45) is 0 Å². The number of rotatable bonds is 5. The van der Waals surface area contributed by atoms with Gasteiger partial charge in [-0.25, -0.2) is 0 Å². The van der Waals surface area contributed by atoms with E-state index in [4.69, 9.17) is 9.84 Å². The van der Waals surface area contributed by atoms with Crippen LogP contribution in [-0.4, -0.2) is 57.5 Å². The average molecular weight is 309 g/mol. The molecule has 22 heavy (non-hydrogen) atoms. The van der Waals surface area contributed by atoms with Gasteiger partial charge >= 0.3 is 5.97 Å². The molecule has 2 rings (SSSR count). The lowest BCUT2D eigenvalue weighted by molar-refractivity contribution is -0.148. The van der Waals surface area contributed by atoms with Crippen LogP contribution < -0.4 is 0 Å². The fraction of sp³-hybridized carbons (Fsp3) is 0.667. The largest absolute Gasteiger partial charge is 0.481 e. The highest BCUT2D eigenvalue weighted by Gasteiger charge is 2.27. The molecular formula is C15H23N3O4. The van der Waals surface area contributed by atoms with E-state index in [0.29, 0.717) is 26.1 Å². The van der Waals surface area contributed by atoms with Gasteiger partial charge in [0, 0.05) is 25.2 Å². The predicted octanol–water partition coefficient (Wildman–Crippen LogP) is 1.15. The summed E-state index contributed by atoms with van der Waals surface area (Å²) in [5, 5.41) is 13.2. The SMILES string of the molecule is Cc1cc(C)n(C(C)CC(=O)N2CCOC(CC(=O)O)C2)n1. The summed E-state index contributed by atoms with van der Waals surface area (Å²) < 4.78 is 7.25. The highest BCUT2D eigenvalue weighted by molar-refractivity contribution is 5.77. The zero-order valence-corrected chi connectivity index (χ0v) is 13.3. The van der Waals surface area contributed by atoms with E-state index < -0.39 is 12.1 Å². The number of aromatic nitrogens is 2. The van der Waals surface area contributed by atoms with E-state index >= 15 is 0 Å². The van der Waals surface area contributed by atoms with Crippen molar-refractivity contribution in [2.45, 2.75) is 45.8 Å². The molecule has 0 spiro atoms. The number of ether oxygens (including phenoxy) is 1. The molecule has 0 aliphatic carbocycles. The summed E-state index contributed by atoms with van der Waals surface area (Å²) in [6.07, 6.45) is -0.141. The first-order valence-corrected chi connectivity index (χ1v) is 7.50. The fourth-order valence-electron chi connectivity index (χ4n) is 2.82. The lowest BCUT2D eigenvalue weighted by Crippen LogP contribution is -2.46. The quantitative estimate of drug-likeness (QED) is 0.882. The Morgan fingerprint density at radius 3 is 2.82 bits per heavy atom. The highest BCUT2D eigenvalue weighted by Crippen LogP contribution is 2.17. The summed E-state index contributed by atoms with van der Waals surface area (Å²) in [5.74, 6) is -0.894. The number of carbonyl (C=O) groups is 2. The molecule has 2 atom stereocenters. The third-order valence-corrected chi connectivity index (χ3v) is 3.83. The van der Waals surface area contributed by atoms with E-state index in [9.17, 15) is 9.59 Å². The van der Waals surface area contributed by atoms with E-state index in [2.05, 4.69) is 5.10 Å². The van der Waals surface area contributed by atoms with Crippen LogP contribution in [0.25, 0.3) is 0 Å². The van der Waals surface area contributed by atoms with Gasteiger partial charge in [-0.15, -0.1) is 0 Å². The van der Waals surface area contributed by atoms with Crippen molar-refractivity contribution in [1.82, 2.24) is 14.7 Å². The lowest BCUT2D eigenvalue weighted by Gasteiger charge is -2.33. The Morgan fingerprint density at radius 1 is 1.50 bits per heavy atom. The molecule has 1 N–H and O–H groups in total. The van der Waals surface area contributed by atoms with Crippen LogP contribution in [-0.2, 0) is 14.3 Å². The number of amides is 1. The van der Waals surface area contributed by atoms with Crippen molar-refractivity contribution in [2.75, 3.05) is 19.7 Å². The molecule has 2 unspecified atom stereocenters. The first-order chi connectivity index (χ1) is 10.4. The number of morpholine rings is 1. The lowest BCUT2D eigenvalue weighted by atomic mass is 10.1. The third kappa shape index (κ3) is 4.07. The van der Waals surface area contributed by atoms with E-state index in [1.165, 1.54) is 0 Å². The van der Waals surface area contributed by atoms with E-state index in [0.717, 1.165) is 11.4 Å². The van der Waals surface area contributed by atoms with Crippen LogP contribution in [0.1, 0.15) is 37.2 Å². The second-order valence-corrected chi connectivity index (χ2v) is 5.86. The average Bonchev–Trinajstić information content (AvgIpc) is 2.77. The van der Waals surface area contributed by atoms with Crippen LogP contribution >= 0.6 is 0 Å². The van der Waals surface area contributed by atoms with Gasteiger partial charge in [-0.1, -0.05) is 0 Å². The topological polar surface area (TPSA) is 84.7 Å². The Kier molecular flexibility index (Phi) is 5.18. The molecule has 2 heterocycles. The zero-order chi connectivity index (χ0) is 16.3. The molecule has 1 saturated heterocycles. The molecule has 1 fully saturated rings. The molecule has 1 aromatic rings. The molecule has 1 aliphatic heterocycles. The molecule has 0 aromatic carbocycles. The van der Waals surface area contributed by atoms with Gasteiger partial charge in [0.2, 0.25) is 5.91 Å². The Hall–Kier alpha value is -1.89. The first kappa shape index (κ1) is 16.5. The van der Waals surface area contributed by atoms with Gasteiger partial charge in [0.15, 0.2) is 0 Å². The van der Waals surface area contributed by atoms with E-state index in [1.807, 2.05) is 31.5 Å². The smallest absolute Gasteiger partial charge is 0.306 e. The molecule has 7 heteroatoms. The summed E-state index contributed by atoms with van der Waals surface area (Å²) >= 11 is 0. The van der Waals surface area contributed by atoms with Crippen LogP contribution in [0.3, 0.4) is 0 Å². The van der Waals surface area contributed by atoms with Crippen molar-refractivity contribution < 1.29 is 19.4 Å². The maximum Gasteiger partial charge on any atom is 0.306 e. The minimum absolute atomic E-state index is 0.0127. The van der Waals surface area contributed by atoms with E-state index in [-0.39, 0.29) is 18.4 Å². The summed E-state index contributed by atoms with van der Waals surface area (Å²) in [4.78, 5) is 24.9. The number of carboxylic acids is 1. The monoisotopic (exact) mass is 309 g/mol. The number of hydrogen-bond donors (Lipinski definition) is 1. The molecule has 0 saturated carbocycles. The minimum atomic E-state index is -0.907. The number of carboxylic acid groups (broad SMARTS) is 1. The first-order valence-electron chi connectivity index (χ1n) is 7.50. The van der Waals surface area contributed by atoms with Gasteiger partial charge in [0.25, 0.3) is 0 Å². The fourth-order valence-corrected chi connectivity index (χ4v) is 2.82. The van der Waals surface area contributed by atoms with Gasteiger partial charge < -0.3 is 14.7 Å². The predicted molar refractivity (Wildman–Crippen MR) is 79.6 cm³/mol. The summed E-state index contributed by atoms with van der Waals surface area (Å²) in [6.45, 7) is 7.10. The number of hydrogen-bond acceptors (Lipinski definition) is 4. The van der Waals surface area contributed by atoms with E-state index in [1.54, 1.807) is 4.90 Å². The van der Waals surface area contributed by atoms with Crippen molar-refractivity contribution >= 4 is 11.9 Å². The minimum Gasteiger partial charge on any atom is -0.481 e. The van der Waals surface area contributed by atoms with Gasteiger partial charge in [-0.2, -0.15) is 5.10 Å². The Labute approximate surface area is 129 Å². The molecule has 1 aliphatic rings. The molecule has 1 aromatic heterocycles. The summed E-state index contributed by atoms with van der Waals surface area (Å²) in [6, 6.07) is 1.96. The molecule has 0 radical (unpaired) electrons. The van der Waals surface area contributed by atoms with Gasteiger partial charge in [0.05, 0.1) is 30.9 Å². The summed E-state index contributed by atoms with van der Waals surface area (Å²) in [7, 11) is 0. The zero-order valence-electron chi connectivity index (χ0n) is 13.3. The van der Waals surface area contributed by atoms with Crippen molar-refractivity contribution in [3.63, 3.8) is 0 Å².